The highest BCUT2D eigenvalue weighted by Gasteiger charge is 2.48. The molecule has 0 spiro atoms. The van der Waals surface area contributed by atoms with E-state index >= 15 is 0 Å². The highest BCUT2D eigenvalue weighted by molar-refractivity contribution is 7.17. The molecule has 2 amide bonds. The lowest BCUT2D eigenvalue weighted by molar-refractivity contribution is -0.134. The van der Waals surface area contributed by atoms with Crippen molar-refractivity contribution in [2.45, 2.75) is 64.2 Å². The van der Waals surface area contributed by atoms with E-state index < -0.39 is 5.54 Å². The summed E-state index contributed by atoms with van der Waals surface area (Å²) in [6.07, 6.45) is 4.23. The van der Waals surface area contributed by atoms with Gasteiger partial charge in [0.1, 0.15) is 11.2 Å². The minimum Gasteiger partial charge on any atom is -0.454 e. The summed E-state index contributed by atoms with van der Waals surface area (Å²) in [4.78, 5) is 29.4. The van der Waals surface area contributed by atoms with Crippen LogP contribution in [0.3, 0.4) is 0 Å². The summed E-state index contributed by atoms with van der Waals surface area (Å²) >= 11 is 1.62. The summed E-state index contributed by atoms with van der Waals surface area (Å²) in [5, 5.41) is 5.33. The van der Waals surface area contributed by atoms with E-state index in [0.717, 1.165) is 41.5 Å². The van der Waals surface area contributed by atoms with Gasteiger partial charge in [-0.2, -0.15) is 0 Å². The van der Waals surface area contributed by atoms with Crippen LogP contribution in [0.5, 0.6) is 11.5 Å². The van der Waals surface area contributed by atoms with Crippen LogP contribution in [0, 0.1) is 5.92 Å². The van der Waals surface area contributed by atoms with Gasteiger partial charge in [-0.1, -0.05) is 13.0 Å². The van der Waals surface area contributed by atoms with Crippen LogP contribution in [-0.2, 0) is 17.9 Å². The number of aromatic nitrogens is 1. The Hall–Kier alpha value is -3.00. The molecule has 7 nitrogen and oxygen atoms in total. The Morgan fingerprint density at radius 1 is 1.15 bits per heavy atom. The maximum Gasteiger partial charge on any atom is 0.271 e. The largest absolute Gasteiger partial charge is 0.454 e. The smallest absolute Gasteiger partial charge is 0.271 e. The number of fused-ring (bicyclic) bond motifs is 4. The predicted molar refractivity (Wildman–Crippen MR) is 130 cm³/mol. The molecular formula is C26H29N3O4S. The van der Waals surface area contributed by atoms with E-state index in [4.69, 9.17) is 9.47 Å². The third kappa shape index (κ3) is 3.47. The number of amides is 2. The van der Waals surface area contributed by atoms with Crippen molar-refractivity contribution < 1.29 is 19.1 Å². The van der Waals surface area contributed by atoms with Crippen LogP contribution in [-0.4, -0.2) is 39.7 Å². The molecule has 1 aromatic carbocycles. The molecule has 3 aromatic rings. The molecule has 1 N–H and O–H groups in total. The molecule has 178 valence electrons. The minimum absolute atomic E-state index is 0.0797. The Kier molecular flexibility index (Phi) is 5.09. The zero-order valence-corrected chi connectivity index (χ0v) is 20.3. The van der Waals surface area contributed by atoms with Crippen molar-refractivity contribution in [2.24, 2.45) is 5.92 Å². The van der Waals surface area contributed by atoms with Crippen LogP contribution >= 0.6 is 11.3 Å². The molecule has 1 atom stereocenters. The van der Waals surface area contributed by atoms with Gasteiger partial charge in [-0.05, 0) is 73.7 Å². The molecule has 0 bridgehead atoms. The third-order valence-electron chi connectivity index (χ3n) is 7.67. The van der Waals surface area contributed by atoms with Gasteiger partial charge in [0, 0.05) is 12.6 Å². The van der Waals surface area contributed by atoms with E-state index in [2.05, 4.69) is 12.2 Å². The van der Waals surface area contributed by atoms with Crippen molar-refractivity contribution in [1.29, 1.82) is 0 Å². The van der Waals surface area contributed by atoms with Crippen LogP contribution in [0.2, 0.25) is 0 Å². The summed E-state index contributed by atoms with van der Waals surface area (Å²) in [5.74, 6) is 1.88. The number of thiophene rings is 1. The Morgan fingerprint density at radius 3 is 2.76 bits per heavy atom. The van der Waals surface area contributed by atoms with Gasteiger partial charge in [-0.15, -0.1) is 11.3 Å². The van der Waals surface area contributed by atoms with E-state index in [-0.39, 0.29) is 24.6 Å². The Labute approximate surface area is 202 Å². The Balaban J connectivity index is 1.35. The van der Waals surface area contributed by atoms with E-state index in [9.17, 15) is 9.59 Å². The molecule has 0 saturated heterocycles. The van der Waals surface area contributed by atoms with Crippen molar-refractivity contribution in [3.8, 4) is 11.5 Å². The molecule has 0 radical (unpaired) electrons. The monoisotopic (exact) mass is 479 g/mol. The maximum atomic E-state index is 13.9. The second-order valence-corrected chi connectivity index (χ2v) is 11.0. The SMILES string of the molecule is CC1CCC(NC(=O)[C@]2(C)Cn3c(cc4sccc43)C(=O)N2Cc2ccc3c(c2)OCO3)CC1. The number of carbonyl (C=O) groups is 2. The highest BCUT2D eigenvalue weighted by atomic mass is 32.1. The number of hydrogen-bond donors (Lipinski definition) is 1. The fraction of sp³-hybridized carbons (Fsp3) is 0.462. The Bertz CT molecular complexity index is 1270. The molecular weight excluding hydrogens is 450 g/mol. The highest BCUT2D eigenvalue weighted by Crippen LogP contribution is 2.37. The fourth-order valence-corrected chi connectivity index (χ4v) is 6.31. The second kappa shape index (κ2) is 8.05. The van der Waals surface area contributed by atoms with Gasteiger partial charge in [-0.3, -0.25) is 9.59 Å². The number of carbonyl (C=O) groups excluding carboxylic acids is 2. The predicted octanol–water partition coefficient (Wildman–Crippen LogP) is 4.54. The molecule has 8 heteroatoms. The van der Waals surface area contributed by atoms with Gasteiger partial charge < -0.3 is 24.3 Å². The van der Waals surface area contributed by atoms with Crippen molar-refractivity contribution >= 4 is 33.4 Å². The number of rotatable bonds is 4. The maximum absolute atomic E-state index is 13.9. The van der Waals surface area contributed by atoms with Crippen LogP contribution in [0.4, 0.5) is 0 Å². The van der Waals surface area contributed by atoms with Crippen molar-refractivity contribution in [3.63, 3.8) is 0 Å². The minimum atomic E-state index is -1.02. The number of benzene rings is 1. The average Bonchev–Trinajstić information content (AvgIpc) is 3.55. The quantitative estimate of drug-likeness (QED) is 0.596. The first kappa shape index (κ1) is 21.5. The summed E-state index contributed by atoms with van der Waals surface area (Å²) in [6.45, 7) is 5.12. The van der Waals surface area contributed by atoms with Gasteiger partial charge in [0.2, 0.25) is 12.7 Å². The average molecular weight is 480 g/mol. The van der Waals surface area contributed by atoms with Gasteiger partial charge in [0.05, 0.1) is 16.8 Å². The molecule has 0 unspecified atom stereocenters. The van der Waals surface area contributed by atoms with E-state index in [1.165, 1.54) is 0 Å². The lowest BCUT2D eigenvalue weighted by Crippen LogP contribution is -2.64. The van der Waals surface area contributed by atoms with Crippen LogP contribution in [0.15, 0.2) is 35.7 Å². The lowest BCUT2D eigenvalue weighted by Gasteiger charge is -2.45. The zero-order chi connectivity index (χ0) is 23.4. The van der Waals surface area contributed by atoms with Crippen molar-refractivity contribution in [2.75, 3.05) is 6.79 Å². The summed E-state index contributed by atoms with van der Waals surface area (Å²) < 4.78 is 14.1. The molecule has 2 aromatic heterocycles. The molecule has 1 saturated carbocycles. The summed E-state index contributed by atoms with van der Waals surface area (Å²) in [5.41, 5.74) is 1.54. The van der Waals surface area contributed by atoms with E-state index in [1.54, 1.807) is 16.2 Å². The van der Waals surface area contributed by atoms with Gasteiger partial charge in [0.15, 0.2) is 11.5 Å². The number of nitrogens with zero attached hydrogens (tertiary/aromatic N) is 2. The van der Waals surface area contributed by atoms with E-state index in [1.807, 2.05) is 47.2 Å². The summed E-state index contributed by atoms with van der Waals surface area (Å²) in [6, 6.07) is 9.86. The molecule has 6 rings (SSSR count). The zero-order valence-electron chi connectivity index (χ0n) is 19.5. The topological polar surface area (TPSA) is 72.8 Å². The second-order valence-electron chi connectivity index (χ2n) is 10.1. The Morgan fingerprint density at radius 2 is 1.94 bits per heavy atom. The normalized spacial score (nSPS) is 26.1. The van der Waals surface area contributed by atoms with Crippen molar-refractivity contribution in [3.05, 3.63) is 47.0 Å². The summed E-state index contributed by atoms with van der Waals surface area (Å²) in [7, 11) is 0. The molecule has 1 fully saturated rings. The number of hydrogen-bond acceptors (Lipinski definition) is 5. The van der Waals surface area contributed by atoms with Crippen LogP contribution in [0.1, 0.15) is 55.6 Å². The van der Waals surface area contributed by atoms with Gasteiger partial charge in [-0.25, -0.2) is 0 Å². The number of ether oxygens (including phenoxy) is 2. The van der Waals surface area contributed by atoms with Gasteiger partial charge >= 0.3 is 0 Å². The van der Waals surface area contributed by atoms with E-state index in [0.29, 0.717) is 36.2 Å². The molecule has 4 heterocycles. The standard InChI is InChI=1S/C26H29N3O4S/c1-16-3-6-18(7-4-16)27-25(31)26(2)14-28-19-9-10-34-23(19)12-20(28)24(30)29(26)13-17-5-8-21-22(11-17)33-15-32-21/h5,8-12,16,18H,3-4,6-7,13-15H2,1-2H3,(H,27,31)/t16?,18?,26-/m0/s1. The first-order valence-electron chi connectivity index (χ1n) is 12.0. The first-order chi connectivity index (χ1) is 16.4. The molecule has 2 aliphatic heterocycles. The molecule has 1 aliphatic carbocycles. The van der Waals surface area contributed by atoms with Crippen molar-refractivity contribution in [1.82, 2.24) is 14.8 Å². The lowest BCUT2D eigenvalue weighted by atomic mass is 9.86. The molecule has 3 aliphatic rings. The third-order valence-corrected chi connectivity index (χ3v) is 8.52. The molecule has 34 heavy (non-hydrogen) atoms. The fourth-order valence-electron chi connectivity index (χ4n) is 5.49. The van der Waals surface area contributed by atoms with Crippen LogP contribution < -0.4 is 14.8 Å². The number of nitrogens with one attached hydrogen (secondary N) is 1. The first-order valence-corrected chi connectivity index (χ1v) is 12.9. The van der Waals surface area contributed by atoms with Crippen LogP contribution in [0.25, 0.3) is 10.2 Å². The van der Waals surface area contributed by atoms with Gasteiger partial charge in [0.25, 0.3) is 5.91 Å².